The van der Waals surface area contributed by atoms with Crippen LogP contribution in [0, 0.1) is 25.2 Å². The summed E-state index contributed by atoms with van der Waals surface area (Å²) in [5, 5.41) is 8.20. The highest BCUT2D eigenvalue weighted by Crippen LogP contribution is 2.15. The van der Waals surface area contributed by atoms with Gasteiger partial charge in [-0.15, -0.1) is 0 Å². The van der Waals surface area contributed by atoms with Crippen molar-refractivity contribution in [1.29, 1.82) is 5.26 Å². The normalized spacial score (nSPS) is 14.4. The van der Waals surface area contributed by atoms with E-state index in [1.165, 1.54) is 5.56 Å². The fraction of sp³-hybridized carbons (Fsp3) is 0.364. The lowest BCUT2D eigenvalue weighted by Crippen LogP contribution is -2.08. The molecule has 74 valence electrons. The molecule has 0 bridgehead atoms. The van der Waals surface area contributed by atoms with E-state index in [-0.39, 0.29) is 0 Å². The molecule has 0 saturated heterocycles. The summed E-state index contributed by atoms with van der Waals surface area (Å²) in [6.07, 6.45) is 0. The number of hydrogen-bond donors (Lipinski definition) is 0. The number of hydrogen-bond acceptors (Lipinski definition) is 2. The van der Waals surface area contributed by atoms with Crippen LogP contribution in [0.4, 0.5) is 0 Å². The maximum absolute atomic E-state index is 11.7. The minimum atomic E-state index is -1.21. The van der Waals surface area contributed by atoms with Crippen LogP contribution in [-0.2, 0) is 10.8 Å². The van der Waals surface area contributed by atoms with Gasteiger partial charge >= 0.3 is 0 Å². The lowest BCUT2D eigenvalue weighted by atomic mass is 10.1. The number of rotatable bonds is 2. The Morgan fingerprint density at radius 3 is 2.50 bits per heavy atom. The van der Waals surface area contributed by atoms with Crippen molar-refractivity contribution in [3.63, 3.8) is 0 Å². The molecule has 0 aliphatic carbocycles. The van der Waals surface area contributed by atoms with E-state index in [1.807, 2.05) is 38.1 Å². The van der Waals surface area contributed by atoms with Crippen LogP contribution in [0.2, 0.25) is 0 Å². The second kappa shape index (κ2) is 4.39. The molecule has 1 rings (SSSR count). The summed E-state index contributed by atoms with van der Waals surface area (Å²) >= 11 is 0. The van der Waals surface area contributed by atoms with Crippen LogP contribution in [-0.4, -0.2) is 9.46 Å². The third kappa shape index (κ3) is 2.21. The van der Waals surface area contributed by atoms with E-state index in [0.29, 0.717) is 0 Å². The van der Waals surface area contributed by atoms with Crippen molar-refractivity contribution < 1.29 is 4.21 Å². The molecule has 0 spiro atoms. The van der Waals surface area contributed by atoms with Gasteiger partial charge in [0.15, 0.2) is 0 Å². The third-order valence-electron chi connectivity index (χ3n) is 2.21. The van der Waals surface area contributed by atoms with Gasteiger partial charge in [-0.05, 0) is 44.0 Å². The molecule has 3 heteroatoms. The number of aryl methyl sites for hydroxylation is 2. The maximum atomic E-state index is 11.7. The molecule has 0 fully saturated rings. The molecule has 1 aromatic rings. The topological polar surface area (TPSA) is 40.9 Å². The monoisotopic (exact) mass is 207 g/mol. The molecular weight excluding hydrogens is 194 g/mol. The van der Waals surface area contributed by atoms with Crippen LogP contribution in [0.25, 0.3) is 0 Å². The largest absolute Gasteiger partial charge is 0.253 e. The van der Waals surface area contributed by atoms with E-state index in [4.69, 9.17) is 5.26 Å². The highest BCUT2D eigenvalue weighted by molar-refractivity contribution is 7.86. The van der Waals surface area contributed by atoms with E-state index in [0.717, 1.165) is 10.5 Å². The quantitative estimate of drug-likeness (QED) is 0.746. The van der Waals surface area contributed by atoms with Crippen LogP contribution in [0.3, 0.4) is 0 Å². The van der Waals surface area contributed by atoms with Gasteiger partial charge in [0.05, 0.1) is 16.9 Å². The zero-order valence-electron chi connectivity index (χ0n) is 8.57. The van der Waals surface area contributed by atoms with Gasteiger partial charge in [-0.2, -0.15) is 5.26 Å². The van der Waals surface area contributed by atoms with Gasteiger partial charge in [-0.3, -0.25) is 4.21 Å². The van der Waals surface area contributed by atoms with Gasteiger partial charge < -0.3 is 0 Å². The smallest absolute Gasteiger partial charge is 0.123 e. The zero-order chi connectivity index (χ0) is 10.7. The Balaban J connectivity index is 3.04. The molecule has 1 aromatic carbocycles. The molecule has 0 aromatic heterocycles. The van der Waals surface area contributed by atoms with Gasteiger partial charge in [-0.1, -0.05) is 6.07 Å². The van der Waals surface area contributed by atoms with E-state index >= 15 is 0 Å². The minimum absolute atomic E-state index is 0.447. The summed E-state index contributed by atoms with van der Waals surface area (Å²) in [6.45, 7) is 5.66. The van der Waals surface area contributed by atoms with Crippen LogP contribution in [0.15, 0.2) is 23.1 Å². The molecule has 2 unspecified atom stereocenters. The molecule has 2 nitrogen and oxygen atoms in total. The first-order valence-electron chi connectivity index (χ1n) is 4.43. The molecule has 0 N–H and O–H groups in total. The molecule has 0 aliphatic rings. The van der Waals surface area contributed by atoms with Gasteiger partial charge in [-0.25, -0.2) is 0 Å². The molecule has 0 saturated carbocycles. The summed E-state index contributed by atoms with van der Waals surface area (Å²) in [7, 11) is -1.21. The summed E-state index contributed by atoms with van der Waals surface area (Å²) < 4.78 is 11.7. The first-order valence-corrected chi connectivity index (χ1v) is 5.65. The fourth-order valence-electron chi connectivity index (χ4n) is 1.09. The van der Waals surface area contributed by atoms with Crippen LogP contribution < -0.4 is 0 Å². The standard InChI is InChI=1S/C11H13NOS/c1-8-4-5-11(6-9(8)2)14(13)10(3)7-12/h4-6,10H,1-3H3. The van der Waals surface area contributed by atoms with Crippen molar-refractivity contribution in [2.24, 2.45) is 0 Å². The molecule has 2 atom stereocenters. The Morgan fingerprint density at radius 2 is 2.00 bits per heavy atom. The summed E-state index contributed by atoms with van der Waals surface area (Å²) in [6, 6.07) is 7.65. The Hall–Kier alpha value is -1.14. The van der Waals surface area contributed by atoms with Gasteiger partial charge in [0.25, 0.3) is 0 Å². The molecule has 0 aliphatic heterocycles. The van der Waals surface area contributed by atoms with Crippen LogP contribution in [0.1, 0.15) is 18.1 Å². The van der Waals surface area contributed by atoms with E-state index in [1.54, 1.807) is 6.92 Å². The van der Waals surface area contributed by atoms with Gasteiger partial charge in [0.1, 0.15) is 5.25 Å². The maximum Gasteiger partial charge on any atom is 0.123 e. The molecule has 0 amide bonds. The second-order valence-corrected chi connectivity index (χ2v) is 5.09. The van der Waals surface area contributed by atoms with Crippen molar-refractivity contribution >= 4 is 10.8 Å². The van der Waals surface area contributed by atoms with E-state index in [2.05, 4.69) is 0 Å². The Kier molecular flexibility index (Phi) is 3.43. The average molecular weight is 207 g/mol. The van der Waals surface area contributed by atoms with Crippen molar-refractivity contribution in [3.8, 4) is 6.07 Å². The lowest BCUT2D eigenvalue weighted by Gasteiger charge is -2.06. The first-order chi connectivity index (χ1) is 6.56. The minimum Gasteiger partial charge on any atom is -0.253 e. The molecule has 0 heterocycles. The van der Waals surface area contributed by atoms with E-state index < -0.39 is 16.0 Å². The number of benzene rings is 1. The van der Waals surface area contributed by atoms with Crippen LogP contribution in [0.5, 0.6) is 0 Å². The predicted molar refractivity (Wildman–Crippen MR) is 57.4 cm³/mol. The summed E-state index contributed by atoms with van der Waals surface area (Å²) in [5.41, 5.74) is 2.29. The zero-order valence-corrected chi connectivity index (χ0v) is 9.39. The summed E-state index contributed by atoms with van der Waals surface area (Å²) in [4.78, 5) is 0.738. The number of nitriles is 1. The van der Waals surface area contributed by atoms with Gasteiger partial charge in [0, 0.05) is 4.90 Å². The first kappa shape index (κ1) is 10.9. The highest BCUT2D eigenvalue weighted by atomic mass is 32.2. The third-order valence-corrected chi connectivity index (χ3v) is 3.68. The SMILES string of the molecule is Cc1ccc(S(=O)C(C)C#N)cc1C. The van der Waals surface area contributed by atoms with Crippen molar-refractivity contribution in [3.05, 3.63) is 29.3 Å². The highest BCUT2D eigenvalue weighted by Gasteiger charge is 2.12. The predicted octanol–water partition coefficient (Wildman–Crippen LogP) is 2.32. The molecule has 14 heavy (non-hydrogen) atoms. The Morgan fingerprint density at radius 1 is 1.36 bits per heavy atom. The Labute approximate surface area is 87.0 Å². The summed E-state index contributed by atoms with van der Waals surface area (Å²) in [5.74, 6) is 0. The lowest BCUT2D eigenvalue weighted by molar-refractivity contribution is 0.680. The fourth-order valence-corrected chi connectivity index (χ4v) is 2.09. The van der Waals surface area contributed by atoms with Crippen molar-refractivity contribution in [2.75, 3.05) is 0 Å². The average Bonchev–Trinajstić information content (AvgIpc) is 2.20. The second-order valence-electron chi connectivity index (χ2n) is 3.31. The van der Waals surface area contributed by atoms with Gasteiger partial charge in [0.2, 0.25) is 0 Å². The van der Waals surface area contributed by atoms with E-state index in [9.17, 15) is 4.21 Å². The van der Waals surface area contributed by atoms with Crippen molar-refractivity contribution in [1.82, 2.24) is 0 Å². The Bertz CT molecular complexity index is 406. The molecular formula is C11H13NOS. The van der Waals surface area contributed by atoms with Crippen LogP contribution >= 0.6 is 0 Å². The van der Waals surface area contributed by atoms with Crippen molar-refractivity contribution in [2.45, 2.75) is 30.9 Å². The number of nitrogens with zero attached hydrogens (tertiary/aromatic N) is 1. The molecule has 0 radical (unpaired) electrons.